The lowest BCUT2D eigenvalue weighted by molar-refractivity contribution is 0.488. The van der Waals surface area contributed by atoms with E-state index in [1.54, 1.807) is 0 Å². The van der Waals surface area contributed by atoms with Gasteiger partial charge in [-0.1, -0.05) is 102 Å². The van der Waals surface area contributed by atoms with Crippen LogP contribution in [0.1, 0.15) is 11.1 Å². The number of rotatable bonds is 4. The van der Waals surface area contributed by atoms with Crippen molar-refractivity contribution >= 4 is 89.9 Å². The minimum atomic E-state index is -0.0156. The summed E-state index contributed by atoms with van der Waals surface area (Å²) in [6.45, 7) is 4.29. The van der Waals surface area contributed by atoms with Gasteiger partial charge in [0.25, 0.3) is 6.71 Å². The fourth-order valence-electron chi connectivity index (χ4n) is 8.66. The molecule has 4 nitrogen and oxygen atoms in total. The summed E-state index contributed by atoms with van der Waals surface area (Å²) >= 11 is 0. The first-order valence-corrected chi connectivity index (χ1v) is 18.2. The van der Waals surface area contributed by atoms with Gasteiger partial charge in [0.1, 0.15) is 22.7 Å². The van der Waals surface area contributed by atoms with Gasteiger partial charge in [-0.3, -0.25) is 0 Å². The maximum atomic E-state index is 6.94. The van der Waals surface area contributed by atoms with Crippen molar-refractivity contribution < 1.29 is 9.15 Å². The fourth-order valence-corrected chi connectivity index (χ4v) is 8.66. The summed E-state index contributed by atoms with van der Waals surface area (Å²) in [6, 6.07) is 58.5. The molecule has 0 unspecified atom stereocenters. The summed E-state index contributed by atoms with van der Waals surface area (Å²) in [5.41, 5.74) is 14.4. The summed E-state index contributed by atoms with van der Waals surface area (Å²) < 4.78 is 13.9. The first-order valence-electron chi connectivity index (χ1n) is 18.2. The Labute approximate surface area is 308 Å². The van der Waals surface area contributed by atoms with Crippen LogP contribution in [0.2, 0.25) is 0 Å². The molecule has 11 rings (SSSR count). The number of aryl methyl sites for hydroxylation is 2. The van der Waals surface area contributed by atoms with Crippen LogP contribution in [-0.4, -0.2) is 6.71 Å². The molecular weight excluding hydrogens is 647 g/mol. The Kier molecular flexibility index (Phi) is 6.44. The van der Waals surface area contributed by atoms with Crippen LogP contribution in [0, 0.1) is 13.8 Å². The molecule has 0 N–H and O–H groups in total. The normalized spacial score (nSPS) is 12.8. The average molecular weight is 681 g/mol. The highest BCUT2D eigenvalue weighted by Gasteiger charge is 2.42. The number of para-hydroxylation sites is 2. The van der Waals surface area contributed by atoms with Gasteiger partial charge >= 0.3 is 0 Å². The van der Waals surface area contributed by atoms with E-state index in [2.05, 4.69) is 187 Å². The minimum Gasteiger partial charge on any atom is -0.458 e. The van der Waals surface area contributed by atoms with E-state index >= 15 is 0 Å². The number of ether oxygens (including phenoxy) is 1. The second-order valence-corrected chi connectivity index (χ2v) is 14.3. The van der Waals surface area contributed by atoms with Crippen LogP contribution < -0.4 is 30.9 Å². The molecule has 0 radical (unpaired) electrons. The van der Waals surface area contributed by atoms with Crippen LogP contribution >= 0.6 is 0 Å². The Morgan fingerprint density at radius 2 is 1.21 bits per heavy atom. The summed E-state index contributed by atoms with van der Waals surface area (Å²) in [7, 11) is 0. The van der Waals surface area contributed by atoms with E-state index in [9.17, 15) is 0 Å². The van der Waals surface area contributed by atoms with Crippen molar-refractivity contribution in [3.05, 3.63) is 175 Å². The molecule has 9 aromatic rings. The maximum absolute atomic E-state index is 6.94. The van der Waals surface area contributed by atoms with Crippen molar-refractivity contribution in [2.24, 2.45) is 0 Å². The molecule has 0 atom stereocenters. The van der Waals surface area contributed by atoms with Crippen molar-refractivity contribution in [1.82, 2.24) is 0 Å². The Bertz CT molecular complexity index is 2860. The first-order chi connectivity index (χ1) is 26.1. The van der Waals surface area contributed by atoms with E-state index in [1.807, 2.05) is 0 Å². The number of furan rings is 1. The molecule has 2 aliphatic rings. The van der Waals surface area contributed by atoms with E-state index < -0.39 is 0 Å². The van der Waals surface area contributed by atoms with E-state index in [-0.39, 0.29) is 6.71 Å². The van der Waals surface area contributed by atoms with Gasteiger partial charge in [0.2, 0.25) is 0 Å². The second-order valence-electron chi connectivity index (χ2n) is 14.3. The van der Waals surface area contributed by atoms with E-state index in [0.29, 0.717) is 0 Å². The van der Waals surface area contributed by atoms with E-state index in [1.165, 1.54) is 27.7 Å². The molecule has 0 saturated heterocycles. The number of hydrogen-bond donors (Lipinski definition) is 0. The molecule has 53 heavy (non-hydrogen) atoms. The van der Waals surface area contributed by atoms with Gasteiger partial charge in [0, 0.05) is 50.7 Å². The van der Waals surface area contributed by atoms with Gasteiger partial charge in [-0.2, -0.15) is 0 Å². The molecular formula is C48H33BN2O2. The van der Waals surface area contributed by atoms with Crippen LogP contribution in [-0.2, 0) is 0 Å². The summed E-state index contributed by atoms with van der Waals surface area (Å²) in [6.07, 6.45) is 0. The summed E-state index contributed by atoms with van der Waals surface area (Å²) in [4.78, 5) is 4.71. The SMILES string of the molecule is Cc1ccc(N2c3ccc(C)cc3B3c4cc5oc6cc(N(c7ccccc7)c7ccccc7)c7ccccc7c6c5cc4Oc4cccc2c43)cc1. The first kappa shape index (κ1) is 30.0. The highest BCUT2D eigenvalue weighted by atomic mass is 16.5. The van der Waals surface area contributed by atoms with Crippen molar-refractivity contribution in [2.75, 3.05) is 9.80 Å². The van der Waals surface area contributed by atoms with Gasteiger partial charge in [0.15, 0.2) is 0 Å². The quantitative estimate of drug-likeness (QED) is 0.173. The zero-order chi connectivity index (χ0) is 35.2. The molecule has 2 aliphatic heterocycles. The van der Waals surface area contributed by atoms with Gasteiger partial charge in [-0.05, 0) is 102 Å². The molecule has 0 bridgehead atoms. The van der Waals surface area contributed by atoms with Gasteiger partial charge in [-0.25, -0.2) is 0 Å². The van der Waals surface area contributed by atoms with Crippen molar-refractivity contribution in [3.8, 4) is 11.5 Å². The Hall–Kier alpha value is -6.72. The Balaban J connectivity index is 1.15. The van der Waals surface area contributed by atoms with Crippen LogP contribution in [0.25, 0.3) is 32.7 Å². The molecule has 5 heteroatoms. The topological polar surface area (TPSA) is 28.9 Å². The van der Waals surface area contributed by atoms with Gasteiger partial charge in [0.05, 0.1) is 5.69 Å². The van der Waals surface area contributed by atoms with Crippen molar-refractivity contribution in [3.63, 3.8) is 0 Å². The van der Waals surface area contributed by atoms with Crippen molar-refractivity contribution in [2.45, 2.75) is 13.8 Å². The predicted octanol–water partition coefficient (Wildman–Crippen LogP) is 11.2. The highest BCUT2D eigenvalue weighted by molar-refractivity contribution is 6.99. The number of fused-ring (bicyclic) bond motifs is 9. The van der Waals surface area contributed by atoms with Crippen LogP contribution in [0.4, 0.5) is 34.1 Å². The summed E-state index contributed by atoms with van der Waals surface area (Å²) in [5, 5.41) is 4.43. The Morgan fingerprint density at radius 1 is 0.509 bits per heavy atom. The lowest BCUT2D eigenvalue weighted by atomic mass is 9.34. The zero-order valence-electron chi connectivity index (χ0n) is 29.4. The van der Waals surface area contributed by atoms with E-state index in [4.69, 9.17) is 9.15 Å². The standard InChI is InChI=1S/C48H33BN2O2/c1-30-20-23-34(24-21-30)51-40-25-22-31(2)26-38(40)49-39-28-44-37(27-45(39)52-43-19-11-18-41(51)48(43)49)47-36-17-10-9-16-35(36)42(29-46(47)53-44)50(32-12-5-3-6-13-32)33-14-7-4-8-15-33/h3-29H,1-2H3. The lowest BCUT2D eigenvalue weighted by Gasteiger charge is -2.40. The van der Waals surface area contributed by atoms with Gasteiger partial charge in [-0.15, -0.1) is 0 Å². The molecule has 0 spiro atoms. The molecule has 0 fully saturated rings. The summed E-state index contributed by atoms with van der Waals surface area (Å²) in [5.74, 6) is 1.76. The highest BCUT2D eigenvalue weighted by Crippen LogP contribution is 2.46. The maximum Gasteiger partial charge on any atom is 0.256 e. The second kappa shape index (κ2) is 11.4. The molecule has 3 heterocycles. The minimum absolute atomic E-state index is 0.0156. The van der Waals surface area contributed by atoms with Crippen LogP contribution in [0.3, 0.4) is 0 Å². The molecule has 0 aliphatic carbocycles. The molecule has 8 aromatic carbocycles. The third kappa shape index (κ3) is 4.50. The van der Waals surface area contributed by atoms with Crippen LogP contribution in [0.15, 0.2) is 168 Å². The van der Waals surface area contributed by atoms with Crippen LogP contribution in [0.5, 0.6) is 11.5 Å². The molecule has 1 aromatic heterocycles. The molecule has 0 saturated carbocycles. The van der Waals surface area contributed by atoms with E-state index in [0.717, 1.165) is 78.1 Å². The largest absolute Gasteiger partial charge is 0.458 e. The monoisotopic (exact) mass is 680 g/mol. The fraction of sp³-hybridized carbons (Fsp3) is 0.0417. The lowest BCUT2D eigenvalue weighted by Crippen LogP contribution is -2.59. The smallest absolute Gasteiger partial charge is 0.256 e. The molecule has 250 valence electrons. The number of benzene rings is 8. The third-order valence-corrected chi connectivity index (χ3v) is 11.0. The predicted molar refractivity (Wildman–Crippen MR) is 221 cm³/mol. The number of anilines is 6. The average Bonchev–Trinajstić information content (AvgIpc) is 3.56. The zero-order valence-corrected chi connectivity index (χ0v) is 29.4. The molecule has 0 amide bonds. The third-order valence-electron chi connectivity index (χ3n) is 11.0. The van der Waals surface area contributed by atoms with Gasteiger partial charge < -0.3 is 19.0 Å². The van der Waals surface area contributed by atoms with Crippen molar-refractivity contribution in [1.29, 1.82) is 0 Å². The number of nitrogens with zero attached hydrogens (tertiary/aromatic N) is 2. The number of hydrogen-bond acceptors (Lipinski definition) is 4. The Morgan fingerprint density at radius 3 is 1.96 bits per heavy atom.